The number of hydrogen-bond donors (Lipinski definition) is 2. The van der Waals surface area contributed by atoms with Crippen LogP contribution in [-0.2, 0) is 11.3 Å². The molecule has 2 N–H and O–H groups in total. The van der Waals surface area contributed by atoms with Gasteiger partial charge in [0.1, 0.15) is 23.1 Å². The highest BCUT2D eigenvalue weighted by Crippen LogP contribution is 2.33. The number of likely N-dealkylation sites (N-methyl/N-ethyl adjacent to an activating group) is 1. The van der Waals surface area contributed by atoms with E-state index in [9.17, 15) is 9.18 Å². The molecule has 0 spiro atoms. The molecular weight excluding hydrogens is 393 g/mol. The normalized spacial score (nSPS) is 11.7. The van der Waals surface area contributed by atoms with E-state index in [1.165, 1.54) is 23.5 Å². The van der Waals surface area contributed by atoms with E-state index in [-0.39, 0.29) is 18.3 Å². The van der Waals surface area contributed by atoms with Crippen molar-refractivity contribution < 1.29 is 23.6 Å². The van der Waals surface area contributed by atoms with Gasteiger partial charge in [0.25, 0.3) is 5.91 Å². The molecule has 0 aliphatic carbocycles. The van der Waals surface area contributed by atoms with Gasteiger partial charge in [-0.2, -0.15) is 0 Å². The molecule has 2 aromatic carbocycles. The fraction of sp³-hybridized carbons (Fsp3) is 0.238. The molecule has 0 saturated heterocycles. The molecule has 1 heterocycles. The van der Waals surface area contributed by atoms with Crippen molar-refractivity contribution in [2.24, 2.45) is 0 Å². The van der Waals surface area contributed by atoms with E-state index < -0.39 is 0 Å². The number of quaternary nitrogens is 1. The number of hydrogen-bond acceptors (Lipinski definition) is 5. The minimum absolute atomic E-state index is 0.177. The lowest BCUT2D eigenvalue weighted by atomic mass is 10.2. The maximum absolute atomic E-state index is 13.2. The van der Waals surface area contributed by atoms with Gasteiger partial charge in [-0.15, -0.1) is 11.3 Å². The molecule has 29 heavy (non-hydrogen) atoms. The maximum Gasteiger partial charge on any atom is 0.279 e. The van der Waals surface area contributed by atoms with Crippen molar-refractivity contribution in [3.63, 3.8) is 0 Å². The number of aromatic nitrogens is 1. The van der Waals surface area contributed by atoms with Gasteiger partial charge >= 0.3 is 0 Å². The first-order valence-corrected chi connectivity index (χ1v) is 9.90. The molecule has 0 fully saturated rings. The largest absolute Gasteiger partial charge is 0.493 e. The zero-order valence-corrected chi connectivity index (χ0v) is 17.3. The molecule has 0 bridgehead atoms. The number of halogens is 1. The first-order chi connectivity index (χ1) is 14.0. The summed E-state index contributed by atoms with van der Waals surface area (Å²) in [7, 11) is 5.12. The molecule has 152 valence electrons. The Morgan fingerprint density at radius 1 is 1.17 bits per heavy atom. The standard InChI is InChI=1S/C21H22FN3O3S/c1-25(12-20(26)23-16-6-4-5-15(22)10-16)11-17-13-29-21(24-17)14-7-8-18(27-2)19(9-14)28-3/h4-10,13H,11-12H2,1-3H3,(H,23,26)/p+1. The van der Waals surface area contributed by atoms with Crippen LogP contribution in [0.25, 0.3) is 10.6 Å². The Morgan fingerprint density at radius 2 is 1.97 bits per heavy atom. The number of methoxy groups -OCH3 is 2. The molecule has 1 atom stereocenters. The van der Waals surface area contributed by atoms with Gasteiger partial charge in [-0.3, -0.25) is 4.79 Å². The second-order valence-electron chi connectivity index (χ2n) is 6.58. The summed E-state index contributed by atoms with van der Waals surface area (Å²) in [6.07, 6.45) is 0. The van der Waals surface area contributed by atoms with E-state index in [2.05, 4.69) is 10.3 Å². The number of rotatable bonds is 8. The Hall–Kier alpha value is -2.97. The molecule has 0 aliphatic heterocycles. The number of nitrogens with zero attached hydrogens (tertiary/aromatic N) is 1. The first-order valence-electron chi connectivity index (χ1n) is 9.02. The van der Waals surface area contributed by atoms with Crippen LogP contribution in [0.15, 0.2) is 47.8 Å². The van der Waals surface area contributed by atoms with E-state index in [0.717, 1.165) is 21.2 Å². The number of amides is 1. The smallest absolute Gasteiger partial charge is 0.279 e. The number of thiazole rings is 1. The zero-order valence-electron chi connectivity index (χ0n) is 16.5. The van der Waals surface area contributed by atoms with Crippen molar-refractivity contribution in [1.29, 1.82) is 0 Å². The fourth-order valence-corrected chi connectivity index (χ4v) is 3.72. The number of nitrogens with one attached hydrogen (secondary N) is 2. The number of anilines is 1. The lowest BCUT2D eigenvalue weighted by Gasteiger charge is -2.12. The molecule has 6 nitrogen and oxygen atoms in total. The second kappa shape index (κ2) is 9.49. The number of ether oxygens (including phenoxy) is 2. The highest BCUT2D eigenvalue weighted by Gasteiger charge is 2.15. The van der Waals surface area contributed by atoms with Crippen LogP contribution in [0.4, 0.5) is 10.1 Å². The topological polar surface area (TPSA) is 64.9 Å². The van der Waals surface area contributed by atoms with Gasteiger partial charge in [0.15, 0.2) is 18.0 Å². The zero-order chi connectivity index (χ0) is 20.8. The van der Waals surface area contributed by atoms with Crippen LogP contribution in [0.1, 0.15) is 5.69 Å². The first kappa shape index (κ1) is 20.8. The molecule has 0 saturated carbocycles. The van der Waals surface area contributed by atoms with E-state index >= 15 is 0 Å². The molecular formula is C21H23FN3O3S+. The molecule has 1 aromatic heterocycles. The summed E-state index contributed by atoms with van der Waals surface area (Å²) in [5.41, 5.74) is 2.29. The lowest BCUT2D eigenvalue weighted by molar-refractivity contribution is -0.885. The lowest BCUT2D eigenvalue weighted by Crippen LogP contribution is -3.08. The molecule has 1 amide bonds. The number of benzene rings is 2. The van der Waals surface area contributed by atoms with E-state index in [4.69, 9.17) is 9.47 Å². The van der Waals surface area contributed by atoms with Crippen molar-refractivity contribution in [3.8, 4) is 22.1 Å². The number of carbonyl (C=O) groups is 1. The third-order valence-electron chi connectivity index (χ3n) is 4.24. The summed E-state index contributed by atoms with van der Waals surface area (Å²) in [6.45, 7) is 0.847. The summed E-state index contributed by atoms with van der Waals surface area (Å²) in [5.74, 6) is 0.761. The van der Waals surface area contributed by atoms with Crippen molar-refractivity contribution in [3.05, 3.63) is 59.4 Å². The van der Waals surface area contributed by atoms with Gasteiger partial charge in [-0.25, -0.2) is 9.37 Å². The Morgan fingerprint density at radius 3 is 2.69 bits per heavy atom. The molecule has 3 aromatic rings. The van der Waals surface area contributed by atoms with Gasteiger partial charge in [0.2, 0.25) is 0 Å². The average Bonchev–Trinajstić information content (AvgIpc) is 3.15. The van der Waals surface area contributed by atoms with E-state index in [1.807, 2.05) is 30.6 Å². The Balaban J connectivity index is 1.60. The van der Waals surface area contributed by atoms with Gasteiger partial charge in [0.05, 0.1) is 21.3 Å². The summed E-state index contributed by atoms with van der Waals surface area (Å²) in [5, 5.41) is 5.57. The predicted molar refractivity (Wildman–Crippen MR) is 111 cm³/mol. The van der Waals surface area contributed by atoms with Gasteiger partial charge < -0.3 is 19.7 Å². The molecule has 0 aliphatic rings. The van der Waals surface area contributed by atoms with Crippen molar-refractivity contribution in [2.75, 3.05) is 33.1 Å². The predicted octanol–water partition coefficient (Wildman–Crippen LogP) is 2.62. The summed E-state index contributed by atoms with van der Waals surface area (Å²) < 4.78 is 23.8. The second-order valence-corrected chi connectivity index (χ2v) is 7.44. The van der Waals surface area contributed by atoms with Crippen molar-refractivity contribution in [2.45, 2.75) is 6.54 Å². The summed E-state index contributed by atoms with van der Waals surface area (Å²) >= 11 is 1.54. The third-order valence-corrected chi connectivity index (χ3v) is 5.18. The van der Waals surface area contributed by atoms with E-state index in [1.54, 1.807) is 26.4 Å². The van der Waals surface area contributed by atoms with Crippen LogP contribution in [0.5, 0.6) is 11.5 Å². The fourth-order valence-electron chi connectivity index (χ4n) is 2.91. The highest BCUT2D eigenvalue weighted by molar-refractivity contribution is 7.13. The van der Waals surface area contributed by atoms with Crippen LogP contribution >= 0.6 is 11.3 Å². The van der Waals surface area contributed by atoms with Gasteiger partial charge in [-0.05, 0) is 36.4 Å². The minimum atomic E-state index is -0.381. The number of carbonyl (C=O) groups excluding carboxylic acids is 1. The van der Waals surface area contributed by atoms with Crippen LogP contribution in [0.3, 0.4) is 0 Å². The monoisotopic (exact) mass is 416 g/mol. The Kier molecular flexibility index (Phi) is 6.79. The van der Waals surface area contributed by atoms with Crippen molar-refractivity contribution in [1.82, 2.24) is 4.98 Å². The Labute approximate surface area is 172 Å². The molecule has 0 radical (unpaired) electrons. The summed E-state index contributed by atoms with van der Waals surface area (Å²) in [6, 6.07) is 11.5. The summed E-state index contributed by atoms with van der Waals surface area (Å²) in [4.78, 5) is 17.8. The van der Waals surface area contributed by atoms with Crippen LogP contribution in [0.2, 0.25) is 0 Å². The SMILES string of the molecule is COc1ccc(-c2nc(C[NH+](C)CC(=O)Nc3cccc(F)c3)cs2)cc1OC. The quantitative estimate of drug-likeness (QED) is 0.593. The Bertz CT molecular complexity index is 993. The van der Waals surface area contributed by atoms with E-state index in [0.29, 0.717) is 23.7 Å². The van der Waals surface area contributed by atoms with Crippen LogP contribution < -0.4 is 19.7 Å². The van der Waals surface area contributed by atoms with Crippen LogP contribution in [0, 0.1) is 5.82 Å². The van der Waals surface area contributed by atoms with Crippen molar-refractivity contribution >= 4 is 22.9 Å². The minimum Gasteiger partial charge on any atom is -0.493 e. The molecule has 1 unspecified atom stereocenters. The van der Waals surface area contributed by atoms with Gasteiger partial charge in [0, 0.05) is 16.6 Å². The average molecular weight is 416 g/mol. The highest BCUT2D eigenvalue weighted by atomic mass is 32.1. The van der Waals surface area contributed by atoms with Crippen LogP contribution in [-0.4, -0.2) is 38.7 Å². The third kappa shape index (κ3) is 5.52. The molecule has 8 heteroatoms. The molecule has 3 rings (SSSR count). The maximum atomic E-state index is 13.2. The van der Waals surface area contributed by atoms with Gasteiger partial charge in [-0.1, -0.05) is 6.07 Å².